The Kier molecular flexibility index (Phi) is 3.14. The Balaban J connectivity index is 2.02. The van der Waals surface area contributed by atoms with Gasteiger partial charge in [-0.1, -0.05) is 34.8 Å². The summed E-state index contributed by atoms with van der Waals surface area (Å²) in [5, 5.41) is 0.137. The number of halogens is 2. The molecule has 0 N–H and O–H groups in total. The van der Waals surface area contributed by atoms with Crippen LogP contribution in [0.5, 0.6) is 0 Å². The summed E-state index contributed by atoms with van der Waals surface area (Å²) in [6.45, 7) is -0.116. The monoisotopic (exact) mass is 224 g/mol. The van der Waals surface area contributed by atoms with Crippen LogP contribution in [0.1, 0.15) is 5.56 Å². The van der Waals surface area contributed by atoms with E-state index in [9.17, 15) is 8.87 Å². The number of hydrogen-bond donors (Lipinski definition) is 0. The zero-order chi connectivity index (χ0) is 11.4. The third-order valence-electron chi connectivity index (χ3n) is 2.05. The normalized spacial score (nSPS) is 15.5. The first-order valence-electron chi connectivity index (χ1n) is 4.77. The average molecular weight is 224 g/mol. The zero-order valence-electron chi connectivity index (χ0n) is 8.44. The summed E-state index contributed by atoms with van der Waals surface area (Å²) in [6.07, 6.45) is 0.955. The van der Waals surface area contributed by atoms with Gasteiger partial charge in [0.05, 0.1) is 6.21 Å². The van der Waals surface area contributed by atoms with E-state index in [0.717, 1.165) is 11.8 Å². The van der Waals surface area contributed by atoms with E-state index in [-0.39, 0.29) is 18.4 Å². The van der Waals surface area contributed by atoms with Gasteiger partial charge >= 0.3 is 0 Å². The molecule has 2 rings (SSSR count). The first-order chi connectivity index (χ1) is 7.77. The van der Waals surface area contributed by atoms with Crippen molar-refractivity contribution < 1.29 is 13.6 Å². The quantitative estimate of drug-likeness (QED) is 0.737. The Morgan fingerprint density at radius 3 is 2.75 bits per heavy atom. The fraction of sp³-hybridized carbons (Fsp3) is 0.182. The van der Waals surface area contributed by atoms with Gasteiger partial charge in [-0.2, -0.15) is 9.51 Å². The molecule has 0 aliphatic carbocycles. The van der Waals surface area contributed by atoms with Crippen LogP contribution in [-0.2, 0) is 11.3 Å². The minimum absolute atomic E-state index is 0.123. The molecule has 16 heavy (non-hydrogen) atoms. The highest BCUT2D eigenvalue weighted by Gasteiger charge is 2.19. The van der Waals surface area contributed by atoms with Crippen LogP contribution in [0.25, 0.3) is 0 Å². The van der Waals surface area contributed by atoms with Crippen LogP contribution in [0.4, 0.5) is 8.87 Å². The Bertz CT molecular complexity index is 417. The number of ether oxygens (including phenoxy) is 1. The Labute approximate surface area is 91.6 Å². The van der Waals surface area contributed by atoms with Crippen molar-refractivity contribution in [3.8, 4) is 0 Å². The van der Waals surface area contributed by atoms with Crippen molar-refractivity contribution in [3.63, 3.8) is 0 Å². The lowest BCUT2D eigenvalue weighted by Gasteiger charge is -2.18. The number of aliphatic imine (C=N–C) groups is 1. The van der Waals surface area contributed by atoms with E-state index in [0.29, 0.717) is 0 Å². The van der Waals surface area contributed by atoms with Gasteiger partial charge in [0, 0.05) is 0 Å². The van der Waals surface area contributed by atoms with Crippen LogP contribution in [0.2, 0.25) is 0 Å². The Hall–Kier alpha value is -1.91. The van der Waals surface area contributed by atoms with Crippen LogP contribution in [0.3, 0.4) is 0 Å². The molecular weight excluding hydrogens is 214 g/mol. The van der Waals surface area contributed by atoms with Crippen molar-refractivity contribution in [1.82, 2.24) is 5.12 Å². The fourth-order valence-corrected chi connectivity index (χ4v) is 1.29. The van der Waals surface area contributed by atoms with Crippen LogP contribution in [0, 0.1) is 0 Å². The highest BCUT2D eigenvalue weighted by molar-refractivity contribution is 5.76. The molecule has 0 atom stereocenters. The summed E-state index contributed by atoms with van der Waals surface area (Å²) in [6, 6.07) is 9.16. The van der Waals surface area contributed by atoms with Crippen molar-refractivity contribution in [1.29, 1.82) is 0 Å². The molecule has 0 bridgehead atoms. The number of hydrogen-bond acceptors (Lipinski definition) is 3. The minimum atomic E-state index is -0.801. The van der Waals surface area contributed by atoms with Crippen molar-refractivity contribution in [2.45, 2.75) is 6.61 Å². The third-order valence-corrected chi connectivity index (χ3v) is 2.05. The van der Waals surface area contributed by atoms with E-state index in [1.807, 2.05) is 30.3 Å². The largest absolute Gasteiger partial charge is 0.470 e. The molecule has 1 aliphatic rings. The minimum Gasteiger partial charge on any atom is -0.470 e. The molecule has 0 amide bonds. The lowest BCUT2D eigenvalue weighted by molar-refractivity contribution is -0.0261. The van der Waals surface area contributed by atoms with Gasteiger partial charge in [-0.25, -0.2) is 0 Å². The predicted molar refractivity (Wildman–Crippen MR) is 55.7 cm³/mol. The summed E-state index contributed by atoms with van der Waals surface area (Å²) >= 11 is 0. The molecule has 0 spiro atoms. The summed E-state index contributed by atoms with van der Waals surface area (Å²) in [4.78, 5) is 3.46. The Morgan fingerprint density at radius 1 is 1.31 bits per heavy atom. The molecule has 0 aromatic heterocycles. The molecule has 0 saturated carbocycles. The van der Waals surface area contributed by atoms with Crippen molar-refractivity contribution in [2.24, 2.45) is 4.99 Å². The first kappa shape index (κ1) is 10.6. The molecule has 0 unspecified atom stereocenters. The third kappa shape index (κ3) is 2.36. The van der Waals surface area contributed by atoms with E-state index in [1.54, 1.807) is 0 Å². The molecule has 3 nitrogen and oxygen atoms in total. The van der Waals surface area contributed by atoms with E-state index in [1.165, 1.54) is 0 Å². The van der Waals surface area contributed by atoms with Crippen molar-refractivity contribution >= 4 is 6.21 Å². The molecule has 1 aromatic rings. The van der Waals surface area contributed by atoms with E-state index in [2.05, 4.69) is 4.99 Å². The molecule has 84 valence electrons. The summed E-state index contributed by atoms with van der Waals surface area (Å²) in [7, 11) is 0. The highest BCUT2D eigenvalue weighted by Crippen LogP contribution is 2.18. The summed E-state index contributed by atoms with van der Waals surface area (Å²) in [5.41, 5.74) is 0.846. The molecule has 0 radical (unpaired) electrons. The van der Waals surface area contributed by atoms with Crippen LogP contribution in [-0.4, -0.2) is 18.0 Å². The number of allylic oxidation sites excluding steroid dienone is 1. The van der Waals surface area contributed by atoms with E-state index >= 15 is 0 Å². The SMILES string of the molecule is FC1=C(OCc2ccccc2)N(F)CN=C1. The molecular formula is C11H10F2N2O. The fourth-order valence-electron chi connectivity index (χ4n) is 1.29. The number of nitrogens with zero attached hydrogens (tertiary/aromatic N) is 2. The van der Waals surface area contributed by atoms with Crippen LogP contribution < -0.4 is 0 Å². The predicted octanol–water partition coefficient (Wildman–Crippen LogP) is 2.57. The number of benzene rings is 1. The van der Waals surface area contributed by atoms with Crippen LogP contribution in [0.15, 0.2) is 47.0 Å². The van der Waals surface area contributed by atoms with Gasteiger partial charge in [0.2, 0.25) is 5.83 Å². The van der Waals surface area contributed by atoms with Gasteiger partial charge in [-0.3, -0.25) is 4.99 Å². The molecule has 0 fully saturated rings. The average Bonchev–Trinajstić information content (AvgIpc) is 2.30. The van der Waals surface area contributed by atoms with Crippen LogP contribution >= 0.6 is 0 Å². The topological polar surface area (TPSA) is 24.8 Å². The van der Waals surface area contributed by atoms with Gasteiger partial charge in [-0.15, -0.1) is 0 Å². The lowest BCUT2D eigenvalue weighted by atomic mass is 10.2. The standard InChI is InChI=1S/C11H10F2N2O/c12-10-6-14-8-15(13)11(10)16-7-9-4-2-1-3-5-9/h1-6H,7-8H2. The molecule has 1 aliphatic heterocycles. The second-order valence-electron chi connectivity index (χ2n) is 3.24. The highest BCUT2D eigenvalue weighted by atomic mass is 19.2. The van der Waals surface area contributed by atoms with E-state index < -0.39 is 11.7 Å². The van der Waals surface area contributed by atoms with E-state index in [4.69, 9.17) is 4.74 Å². The maximum absolute atomic E-state index is 13.1. The summed E-state index contributed by atoms with van der Waals surface area (Å²) in [5.74, 6) is -1.22. The lowest BCUT2D eigenvalue weighted by Crippen LogP contribution is -2.20. The van der Waals surface area contributed by atoms with Crippen molar-refractivity contribution in [3.05, 3.63) is 47.6 Å². The maximum atomic E-state index is 13.1. The number of rotatable bonds is 3. The maximum Gasteiger partial charge on any atom is 0.258 e. The first-order valence-corrected chi connectivity index (χ1v) is 4.77. The van der Waals surface area contributed by atoms with Gasteiger partial charge in [0.15, 0.2) is 0 Å². The molecule has 5 heteroatoms. The zero-order valence-corrected chi connectivity index (χ0v) is 8.44. The second kappa shape index (κ2) is 4.74. The summed E-state index contributed by atoms with van der Waals surface area (Å²) < 4.78 is 31.3. The smallest absolute Gasteiger partial charge is 0.258 e. The van der Waals surface area contributed by atoms with Crippen molar-refractivity contribution in [2.75, 3.05) is 6.67 Å². The van der Waals surface area contributed by atoms with Gasteiger partial charge in [-0.05, 0) is 5.56 Å². The molecule has 1 aromatic carbocycles. The Morgan fingerprint density at radius 2 is 2.06 bits per heavy atom. The van der Waals surface area contributed by atoms with Gasteiger partial charge in [0.1, 0.15) is 13.3 Å². The molecule has 1 heterocycles. The van der Waals surface area contributed by atoms with Gasteiger partial charge < -0.3 is 4.74 Å². The molecule has 0 saturated heterocycles. The van der Waals surface area contributed by atoms with Gasteiger partial charge in [0.25, 0.3) is 5.88 Å². The second-order valence-corrected chi connectivity index (χ2v) is 3.24.